The third kappa shape index (κ3) is 2.87. The lowest BCUT2D eigenvalue weighted by atomic mass is 10.1. The number of benzene rings is 1. The quantitative estimate of drug-likeness (QED) is 0.931. The summed E-state index contributed by atoms with van der Waals surface area (Å²) < 4.78 is 5.35. The van der Waals surface area contributed by atoms with Gasteiger partial charge in [0, 0.05) is 21.9 Å². The van der Waals surface area contributed by atoms with Gasteiger partial charge in [-0.15, -0.1) is 11.3 Å². The zero-order valence-corrected chi connectivity index (χ0v) is 13.1. The molecule has 0 saturated carbocycles. The third-order valence-corrected chi connectivity index (χ3v) is 5.93. The van der Waals surface area contributed by atoms with Gasteiger partial charge in [-0.2, -0.15) is 11.8 Å². The summed E-state index contributed by atoms with van der Waals surface area (Å²) in [4.78, 5) is 2.54. The third-order valence-electron chi connectivity index (χ3n) is 3.58. The molecule has 106 valence electrons. The number of ether oxygens (including phenoxy) is 1. The number of aliphatic hydroxyl groups excluding tert-OH is 1. The summed E-state index contributed by atoms with van der Waals surface area (Å²) in [6.45, 7) is 0. The van der Waals surface area contributed by atoms with Gasteiger partial charge >= 0.3 is 0 Å². The summed E-state index contributed by atoms with van der Waals surface area (Å²) in [5.74, 6) is 3.14. The summed E-state index contributed by atoms with van der Waals surface area (Å²) in [6, 6.07) is 10.1. The minimum absolute atomic E-state index is 0.438. The van der Waals surface area contributed by atoms with Crippen LogP contribution in [0.5, 0.6) is 5.75 Å². The van der Waals surface area contributed by atoms with Gasteiger partial charge in [-0.25, -0.2) is 0 Å². The van der Waals surface area contributed by atoms with Gasteiger partial charge in [0.05, 0.1) is 13.2 Å². The zero-order valence-electron chi connectivity index (χ0n) is 11.5. The van der Waals surface area contributed by atoms with Gasteiger partial charge in [-0.1, -0.05) is 18.2 Å². The molecule has 1 aliphatic rings. The maximum atomic E-state index is 10.5. The summed E-state index contributed by atoms with van der Waals surface area (Å²) >= 11 is 3.75. The molecule has 0 bridgehead atoms. The molecule has 2 nitrogen and oxygen atoms in total. The predicted molar refractivity (Wildman–Crippen MR) is 85.8 cm³/mol. The van der Waals surface area contributed by atoms with Crippen LogP contribution in [0.4, 0.5) is 0 Å². The van der Waals surface area contributed by atoms with E-state index in [1.54, 1.807) is 18.4 Å². The molecule has 0 radical (unpaired) electrons. The van der Waals surface area contributed by atoms with Crippen molar-refractivity contribution in [3.05, 3.63) is 51.2 Å². The summed E-state index contributed by atoms with van der Waals surface area (Å²) in [6.07, 6.45) is 1.31. The van der Waals surface area contributed by atoms with Gasteiger partial charge in [0.1, 0.15) is 5.75 Å². The number of para-hydroxylation sites is 1. The number of hydrogen-bond acceptors (Lipinski definition) is 4. The molecule has 0 fully saturated rings. The summed E-state index contributed by atoms with van der Waals surface area (Å²) in [5, 5.41) is 10.5. The molecule has 1 aliphatic heterocycles. The second-order valence-electron chi connectivity index (χ2n) is 4.93. The van der Waals surface area contributed by atoms with Crippen molar-refractivity contribution < 1.29 is 9.84 Å². The number of aliphatic hydroxyl groups is 1. The highest BCUT2D eigenvalue weighted by Crippen LogP contribution is 2.36. The molecule has 0 amide bonds. The summed E-state index contributed by atoms with van der Waals surface area (Å²) in [5.41, 5.74) is 2.48. The lowest BCUT2D eigenvalue weighted by Crippen LogP contribution is -2.01. The van der Waals surface area contributed by atoms with Crippen LogP contribution in [0, 0.1) is 0 Å². The number of thiophene rings is 1. The van der Waals surface area contributed by atoms with E-state index in [0.29, 0.717) is 6.42 Å². The molecule has 2 heterocycles. The largest absolute Gasteiger partial charge is 0.496 e. The minimum Gasteiger partial charge on any atom is -0.496 e. The number of rotatable bonds is 4. The Morgan fingerprint density at radius 2 is 2.20 bits per heavy atom. The highest BCUT2D eigenvalue weighted by atomic mass is 32.2. The molecule has 1 unspecified atom stereocenters. The fourth-order valence-electron chi connectivity index (χ4n) is 2.51. The molecule has 1 aromatic carbocycles. The van der Waals surface area contributed by atoms with E-state index in [1.165, 1.54) is 16.2 Å². The molecule has 3 rings (SSSR count). The van der Waals surface area contributed by atoms with Crippen molar-refractivity contribution in [1.29, 1.82) is 0 Å². The Hall–Kier alpha value is -0.970. The molecule has 1 aromatic heterocycles. The van der Waals surface area contributed by atoms with E-state index in [0.717, 1.165) is 28.4 Å². The van der Waals surface area contributed by atoms with Crippen molar-refractivity contribution in [1.82, 2.24) is 0 Å². The monoisotopic (exact) mass is 306 g/mol. The van der Waals surface area contributed by atoms with Crippen molar-refractivity contribution >= 4 is 23.1 Å². The number of hydrogen-bond donors (Lipinski definition) is 1. The number of methoxy groups -OCH3 is 1. The van der Waals surface area contributed by atoms with Crippen LogP contribution in [-0.4, -0.2) is 18.0 Å². The molecule has 0 saturated heterocycles. The van der Waals surface area contributed by atoms with E-state index in [9.17, 15) is 5.11 Å². The first-order valence-electron chi connectivity index (χ1n) is 6.77. The topological polar surface area (TPSA) is 29.5 Å². The zero-order chi connectivity index (χ0) is 13.9. The Morgan fingerprint density at radius 3 is 3.00 bits per heavy atom. The standard InChI is InChI=1S/C16H18O2S2/c1-18-14-5-3-2-4-11(14)8-13(17)16-9-12-10-19-7-6-15(12)20-16/h2-5,9,13,17H,6-8,10H2,1H3. The number of thioether (sulfide) groups is 1. The Bertz CT molecular complexity index is 568. The number of aryl methyl sites for hydroxylation is 1. The predicted octanol–water partition coefficient (Wildman–Crippen LogP) is 3.82. The van der Waals surface area contributed by atoms with E-state index in [4.69, 9.17) is 4.74 Å². The maximum absolute atomic E-state index is 10.5. The SMILES string of the molecule is COc1ccccc1CC(O)c1cc2c(s1)CCSC2. The van der Waals surface area contributed by atoms with Crippen LogP contribution in [0.3, 0.4) is 0 Å². The molecule has 0 spiro atoms. The highest BCUT2D eigenvalue weighted by Gasteiger charge is 2.19. The van der Waals surface area contributed by atoms with Crippen molar-refractivity contribution in [2.75, 3.05) is 12.9 Å². The Balaban J connectivity index is 1.79. The smallest absolute Gasteiger partial charge is 0.122 e. The van der Waals surface area contributed by atoms with Crippen molar-refractivity contribution in [3.63, 3.8) is 0 Å². The molecule has 0 aliphatic carbocycles. The van der Waals surface area contributed by atoms with Crippen LogP contribution in [0.25, 0.3) is 0 Å². The van der Waals surface area contributed by atoms with Crippen LogP contribution < -0.4 is 4.74 Å². The molecule has 20 heavy (non-hydrogen) atoms. The molecular weight excluding hydrogens is 288 g/mol. The van der Waals surface area contributed by atoms with Crippen LogP contribution in [0.2, 0.25) is 0 Å². The Morgan fingerprint density at radius 1 is 1.35 bits per heavy atom. The first-order valence-corrected chi connectivity index (χ1v) is 8.74. The second kappa shape index (κ2) is 6.20. The second-order valence-corrected chi connectivity index (χ2v) is 7.21. The maximum Gasteiger partial charge on any atom is 0.122 e. The van der Waals surface area contributed by atoms with Gasteiger partial charge in [-0.3, -0.25) is 0 Å². The van der Waals surface area contributed by atoms with E-state index in [1.807, 2.05) is 36.0 Å². The molecule has 1 atom stereocenters. The van der Waals surface area contributed by atoms with Gasteiger partial charge in [0.15, 0.2) is 0 Å². The van der Waals surface area contributed by atoms with Crippen molar-refractivity contribution in [3.8, 4) is 5.75 Å². The Kier molecular flexibility index (Phi) is 4.34. The van der Waals surface area contributed by atoms with Crippen LogP contribution in [0.1, 0.15) is 27.0 Å². The highest BCUT2D eigenvalue weighted by molar-refractivity contribution is 7.98. The summed E-state index contributed by atoms with van der Waals surface area (Å²) in [7, 11) is 1.67. The van der Waals surface area contributed by atoms with Gasteiger partial charge < -0.3 is 9.84 Å². The molecule has 2 aromatic rings. The molecule has 4 heteroatoms. The lowest BCUT2D eigenvalue weighted by Gasteiger charge is -2.12. The van der Waals surface area contributed by atoms with E-state index < -0.39 is 6.10 Å². The van der Waals surface area contributed by atoms with Crippen LogP contribution in [0.15, 0.2) is 30.3 Å². The van der Waals surface area contributed by atoms with Crippen molar-refractivity contribution in [2.45, 2.75) is 24.7 Å². The van der Waals surface area contributed by atoms with Gasteiger partial charge in [0.25, 0.3) is 0 Å². The molecule has 1 N–H and O–H groups in total. The first-order chi connectivity index (χ1) is 9.78. The fraction of sp³-hybridized carbons (Fsp3) is 0.375. The van der Waals surface area contributed by atoms with Crippen LogP contribution in [-0.2, 0) is 18.6 Å². The Labute approximate surface area is 127 Å². The average Bonchev–Trinajstić information content (AvgIpc) is 2.92. The number of fused-ring (bicyclic) bond motifs is 1. The van der Waals surface area contributed by atoms with E-state index >= 15 is 0 Å². The lowest BCUT2D eigenvalue weighted by molar-refractivity contribution is 0.181. The van der Waals surface area contributed by atoms with Gasteiger partial charge in [0.2, 0.25) is 0 Å². The first kappa shape index (κ1) is 14.0. The average molecular weight is 306 g/mol. The van der Waals surface area contributed by atoms with Gasteiger partial charge in [-0.05, 0) is 35.4 Å². The van der Waals surface area contributed by atoms with Crippen LogP contribution >= 0.6 is 23.1 Å². The fourth-order valence-corrected chi connectivity index (χ4v) is 4.88. The van der Waals surface area contributed by atoms with Crippen molar-refractivity contribution in [2.24, 2.45) is 0 Å². The van der Waals surface area contributed by atoms with E-state index in [-0.39, 0.29) is 0 Å². The van der Waals surface area contributed by atoms with E-state index in [2.05, 4.69) is 6.07 Å². The molecular formula is C16H18O2S2. The normalized spacial score (nSPS) is 15.7. The minimum atomic E-state index is -0.438.